The molecule has 2 unspecified atom stereocenters. The van der Waals surface area contributed by atoms with Crippen LogP contribution in [0.3, 0.4) is 0 Å². The number of anilines is 1. The number of carbonyl (C=O) groups is 1. The lowest BCUT2D eigenvalue weighted by Gasteiger charge is -2.36. The third-order valence-corrected chi connectivity index (χ3v) is 5.03. The first-order valence-electron chi connectivity index (χ1n) is 9.50. The van der Waals surface area contributed by atoms with E-state index in [9.17, 15) is 14.9 Å². The zero-order valence-electron chi connectivity index (χ0n) is 15.9. The number of nitro groups is 1. The van der Waals surface area contributed by atoms with Crippen LogP contribution in [0.15, 0.2) is 54.6 Å². The molecule has 1 N–H and O–H groups in total. The topological polar surface area (TPSA) is 84.7 Å². The molecule has 1 fully saturated rings. The number of hydrogen-bond acceptors (Lipinski definition) is 5. The van der Waals surface area contributed by atoms with Gasteiger partial charge in [0.05, 0.1) is 17.6 Å². The molecule has 1 heterocycles. The lowest BCUT2D eigenvalue weighted by atomic mass is 9.97. The van der Waals surface area contributed by atoms with Gasteiger partial charge in [0.25, 0.3) is 5.69 Å². The van der Waals surface area contributed by atoms with Gasteiger partial charge in [-0.3, -0.25) is 19.8 Å². The fraction of sp³-hybridized carbons (Fsp3) is 0.381. The average molecular weight is 383 g/mol. The second-order valence-corrected chi connectivity index (χ2v) is 7.10. The highest BCUT2D eigenvalue weighted by Crippen LogP contribution is 2.22. The van der Waals surface area contributed by atoms with Crippen LogP contribution < -0.4 is 10.1 Å². The summed E-state index contributed by atoms with van der Waals surface area (Å²) in [5, 5.41) is 13.7. The van der Waals surface area contributed by atoms with Crippen LogP contribution >= 0.6 is 0 Å². The molecule has 1 saturated heterocycles. The largest absolute Gasteiger partial charge is 0.493 e. The Morgan fingerprint density at radius 3 is 2.82 bits per heavy atom. The average Bonchev–Trinajstić information content (AvgIpc) is 2.73. The summed E-state index contributed by atoms with van der Waals surface area (Å²) in [6.45, 7) is 4.13. The molecule has 0 radical (unpaired) electrons. The van der Waals surface area contributed by atoms with Gasteiger partial charge in [-0.05, 0) is 44.5 Å². The van der Waals surface area contributed by atoms with Gasteiger partial charge in [-0.15, -0.1) is 0 Å². The lowest BCUT2D eigenvalue weighted by molar-refractivity contribution is -0.384. The van der Waals surface area contributed by atoms with E-state index in [1.165, 1.54) is 12.1 Å². The Morgan fingerprint density at radius 2 is 2.07 bits per heavy atom. The molecule has 2 aromatic rings. The maximum Gasteiger partial charge on any atom is 0.271 e. The number of amides is 1. The van der Waals surface area contributed by atoms with E-state index >= 15 is 0 Å². The number of benzene rings is 2. The minimum absolute atomic E-state index is 0.0402. The first-order chi connectivity index (χ1) is 13.5. The highest BCUT2D eigenvalue weighted by Gasteiger charge is 2.28. The zero-order chi connectivity index (χ0) is 19.9. The van der Waals surface area contributed by atoms with Crippen molar-refractivity contribution in [2.75, 3.05) is 25.0 Å². The number of carbonyl (C=O) groups excluding carboxylic acids is 1. The number of rotatable bonds is 7. The molecule has 0 saturated carbocycles. The summed E-state index contributed by atoms with van der Waals surface area (Å²) in [6.07, 6.45) is 2.08. The van der Waals surface area contributed by atoms with Crippen molar-refractivity contribution in [1.82, 2.24) is 4.90 Å². The van der Waals surface area contributed by atoms with Crippen LogP contribution in [-0.2, 0) is 4.79 Å². The molecule has 1 aliphatic heterocycles. The Morgan fingerprint density at radius 1 is 1.29 bits per heavy atom. The molecule has 28 heavy (non-hydrogen) atoms. The van der Waals surface area contributed by atoms with E-state index in [4.69, 9.17) is 4.74 Å². The molecule has 1 amide bonds. The van der Waals surface area contributed by atoms with Crippen molar-refractivity contribution in [2.24, 2.45) is 5.92 Å². The van der Waals surface area contributed by atoms with Crippen molar-refractivity contribution in [3.63, 3.8) is 0 Å². The van der Waals surface area contributed by atoms with Gasteiger partial charge in [-0.25, -0.2) is 0 Å². The van der Waals surface area contributed by atoms with Gasteiger partial charge >= 0.3 is 0 Å². The van der Waals surface area contributed by atoms with Crippen LogP contribution in [0.4, 0.5) is 11.4 Å². The molecule has 2 atom stereocenters. The highest BCUT2D eigenvalue weighted by atomic mass is 16.6. The number of ether oxygens (including phenoxy) is 1. The third kappa shape index (κ3) is 5.29. The first kappa shape index (κ1) is 19.8. The summed E-state index contributed by atoms with van der Waals surface area (Å²) in [4.78, 5) is 25.2. The number of likely N-dealkylation sites (tertiary alicyclic amines) is 1. The summed E-state index contributed by atoms with van der Waals surface area (Å²) in [6, 6.07) is 15.4. The maximum absolute atomic E-state index is 12.6. The van der Waals surface area contributed by atoms with E-state index in [-0.39, 0.29) is 17.6 Å². The van der Waals surface area contributed by atoms with Gasteiger partial charge in [-0.1, -0.05) is 24.3 Å². The SMILES string of the molecule is CC(C(=O)Nc1cccc([N+](=O)[O-])c1)N1CCCC(COc2ccccc2)C1. The lowest BCUT2D eigenvalue weighted by Crippen LogP contribution is -2.48. The Labute approximate surface area is 164 Å². The fourth-order valence-electron chi connectivity index (χ4n) is 3.43. The van der Waals surface area contributed by atoms with E-state index in [0.29, 0.717) is 18.2 Å². The number of nitro benzene ring substituents is 1. The molecular formula is C21H25N3O4. The number of nitrogens with one attached hydrogen (secondary N) is 1. The molecule has 0 spiro atoms. The van der Waals surface area contributed by atoms with Crippen LogP contribution in [0.2, 0.25) is 0 Å². The fourth-order valence-corrected chi connectivity index (χ4v) is 3.43. The first-order valence-corrected chi connectivity index (χ1v) is 9.50. The Bertz CT molecular complexity index is 812. The molecule has 0 aromatic heterocycles. The van der Waals surface area contributed by atoms with Crippen LogP contribution in [0, 0.1) is 16.0 Å². The zero-order valence-corrected chi connectivity index (χ0v) is 15.9. The van der Waals surface area contributed by atoms with E-state index in [2.05, 4.69) is 10.2 Å². The molecule has 7 heteroatoms. The van der Waals surface area contributed by atoms with E-state index in [1.54, 1.807) is 12.1 Å². The predicted molar refractivity (Wildman–Crippen MR) is 107 cm³/mol. The molecular weight excluding hydrogens is 358 g/mol. The minimum Gasteiger partial charge on any atom is -0.493 e. The predicted octanol–water partition coefficient (Wildman–Crippen LogP) is 3.71. The molecule has 3 rings (SSSR count). The summed E-state index contributed by atoms with van der Waals surface area (Å²) in [7, 11) is 0. The van der Waals surface area contributed by atoms with E-state index in [0.717, 1.165) is 31.7 Å². The maximum atomic E-state index is 12.6. The van der Waals surface area contributed by atoms with Crippen molar-refractivity contribution in [1.29, 1.82) is 0 Å². The standard InChI is InChI=1S/C21H25N3O4/c1-16(21(25)22-18-8-5-9-19(13-18)24(26)27)23-12-6-7-17(14-23)15-28-20-10-3-2-4-11-20/h2-5,8-11,13,16-17H,6-7,12,14-15H2,1H3,(H,22,25). The van der Waals surface area contributed by atoms with Gasteiger partial charge in [0.2, 0.25) is 5.91 Å². The van der Waals surface area contributed by atoms with Crippen molar-refractivity contribution in [3.05, 3.63) is 64.7 Å². The van der Waals surface area contributed by atoms with Gasteiger partial charge in [0, 0.05) is 30.3 Å². The molecule has 148 valence electrons. The van der Waals surface area contributed by atoms with Gasteiger partial charge in [0.1, 0.15) is 5.75 Å². The number of hydrogen-bond donors (Lipinski definition) is 1. The van der Waals surface area contributed by atoms with Crippen molar-refractivity contribution >= 4 is 17.3 Å². The Hall–Kier alpha value is -2.93. The summed E-state index contributed by atoms with van der Waals surface area (Å²) < 4.78 is 5.87. The smallest absolute Gasteiger partial charge is 0.271 e. The second kappa shape index (κ2) is 9.32. The molecule has 2 aromatic carbocycles. The summed E-state index contributed by atoms with van der Waals surface area (Å²) in [5.41, 5.74) is 0.397. The van der Waals surface area contributed by atoms with Crippen LogP contribution in [0.1, 0.15) is 19.8 Å². The van der Waals surface area contributed by atoms with Crippen molar-refractivity contribution in [2.45, 2.75) is 25.8 Å². The number of piperidine rings is 1. The van der Waals surface area contributed by atoms with Crippen molar-refractivity contribution in [3.8, 4) is 5.75 Å². The van der Waals surface area contributed by atoms with Crippen LogP contribution in [-0.4, -0.2) is 41.5 Å². The van der Waals surface area contributed by atoms with Gasteiger partial charge in [0.15, 0.2) is 0 Å². The summed E-state index contributed by atoms with van der Waals surface area (Å²) in [5.74, 6) is 1.06. The Kier molecular flexibility index (Phi) is 6.60. The van der Waals surface area contributed by atoms with Gasteiger partial charge < -0.3 is 10.1 Å². The second-order valence-electron chi connectivity index (χ2n) is 7.10. The third-order valence-electron chi connectivity index (χ3n) is 5.03. The highest BCUT2D eigenvalue weighted by molar-refractivity contribution is 5.94. The minimum atomic E-state index is -0.471. The molecule has 0 bridgehead atoms. The quantitative estimate of drug-likeness (QED) is 0.582. The van der Waals surface area contributed by atoms with E-state index < -0.39 is 4.92 Å². The molecule has 7 nitrogen and oxygen atoms in total. The van der Waals surface area contributed by atoms with E-state index in [1.807, 2.05) is 37.3 Å². The normalized spacial score (nSPS) is 18.2. The Balaban J connectivity index is 1.54. The number of nitrogens with zero attached hydrogens (tertiary/aromatic N) is 2. The molecule has 1 aliphatic rings. The summed E-state index contributed by atoms with van der Waals surface area (Å²) >= 11 is 0. The molecule has 0 aliphatic carbocycles. The van der Waals surface area contributed by atoms with Crippen LogP contribution in [0.25, 0.3) is 0 Å². The van der Waals surface area contributed by atoms with Crippen molar-refractivity contribution < 1.29 is 14.5 Å². The van der Waals surface area contributed by atoms with Crippen LogP contribution in [0.5, 0.6) is 5.75 Å². The number of non-ortho nitro benzene ring substituents is 1. The monoisotopic (exact) mass is 383 g/mol. The number of para-hydroxylation sites is 1. The van der Waals surface area contributed by atoms with Gasteiger partial charge in [-0.2, -0.15) is 0 Å².